The van der Waals surface area contributed by atoms with E-state index in [4.69, 9.17) is 4.42 Å². The van der Waals surface area contributed by atoms with E-state index < -0.39 is 0 Å². The third-order valence-electron chi connectivity index (χ3n) is 3.73. The molecule has 1 aromatic rings. The molecule has 18 heavy (non-hydrogen) atoms. The fraction of sp³-hybridized carbons (Fsp3) is 0.733. The molecule has 2 rings (SSSR count). The van der Waals surface area contributed by atoms with Gasteiger partial charge in [-0.25, -0.2) is 0 Å². The summed E-state index contributed by atoms with van der Waals surface area (Å²) in [7, 11) is 0. The summed E-state index contributed by atoms with van der Waals surface area (Å²) in [5.74, 6) is 3.04. The molecule has 1 aliphatic heterocycles. The highest BCUT2D eigenvalue weighted by Crippen LogP contribution is 2.20. The number of furan rings is 1. The van der Waals surface area contributed by atoms with E-state index in [1.165, 1.54) is 31.5 Å². The summed E-state index contributed by atoms with van der Waals surface area (Å²) < 4.78 is 5.95. The molecule has 1 N–H and O–H groups in total. The molecular formula is C15H26N2O. The van der Waals surface area contributed by atoms with Gasteiger partial charge in [0.05, 0.1) is 13.1 Å². The third-order valence-corrected chi connectivity index (χ3v) is 3.73. The highest BCUT2D eigenvalue weighted by atomic mass is 16.3. The second-order valence-electron chi connectivity index (χ2n) is 5.58. The van der Waals surface area contributed by atoms with Crippen LogP contribution in [0.3, 0.4) is 0 Å². The first-order valence-electron chi connectivity index (χ1n) is 7.20. The number of aryl methyl sites for hydroxylation is 1. The van der Waals surface area contributed by atoms with Crippen molar-refractivity contribution in [2.24, 2.45) is 5.92 Å². The second kappa shape index (κ2) is 6.39. The van der Waals surface area contributed by atoms with Crippen LogP contribution in [0.2, 0.25) is 0 Å². The van der Waals surface area contributed by atoms with E-state index in [-0.39, 0.29) is 0 Å². The van der Waals surface area contributed by atoms with E-state index in [0.29, 0.717) is 0 Å². The van der Waals surface area contributed by atoms with Gasteiger partial charge in [0.2, 0.25) is 0 Å². The van der Waals surface area contributed by atoms with Gasteiger partial charge in [-0.15, -0.1) is 0 Å². The van der Waals surface area contributed by atoms with E-state index >= 15 is 0 Å². The van der Waals surface area contributed by atoms with Gasteiger partial charge in [0.25, 0.3) is 0 Å². The van der Waals surface area contributed by atoms with Gasteiger partial charge in [0.15, 0.2) is 0 Å². The molecule has 1 atom stereocenters. The number of nitrogens with one attached hydrogen (secondary N) is 1. The number of hydrogen-bond acceptors (Lipinski definition) is 3. The fourth-order valence-corrected chi connectivity index (χ4v) is 2.73. The standard InChI is InChI=1S/C15H26N2O/c1-4-16-9-15-13(3)8-14(18-15)11-17-7-5-6-12(2)10-17/h8,12,16H,4-7,9-11H2,1-3H3. The third kappa shape index (κ3) is 3.59. The van der Waals surface area contributed by atoms with Crippen LogP contribution in [0.1, 0.15) is 43.8 Å². The first-order chi connectivity index (χ1) is 8.69. The molecule has 0 saturated carbocycles. The smallest absolute Gasteiger partial charge is 0.120 e. The molecule has 102 valence electrons. The van der Waals surface area contributed by atoms with Crippen molar-refractivity contribution in [3.05, 3.63) is 23.2 Å². The van der Waals surface area contributed by atoms with Crippen LogP contribution in [-0.2, 0) is 13.1 Å². The molecule has 3 heteroatoms. The zero-order valence-electron chi connectivity index (χ0n) is 12.0. The van der Waals surface area contributed by atoms with Crippen molar-refractivity contribution in [3.63, 3.8) is 0 Å². The van der Waals surface area contributed by atoms with Gasteiger partial charge in [-0.2, -0.15) is 0 Å². The Bertz CT molecular complexity index is 373. The SMILES string of the molecule is CCNCc1oc(CN2CCCC(C)C2)cc1C. The number of rotatable bonds is 5. The monoisotopic (exact) mass is 250 g/mol. The minimum atomic E-state index is 0.830. The summed E-state index contributed by atoms with van der Waals surface area (Å²) in [5.41, 5.74) is 1.27. The average molecular weight is 250 g/mol. The molecule has 0 radical (unpaired) electrons. The quantitative estimate of drug-likeness (QED) is 0.871. The summed E-state index contributed by atoms with van der Waals surface area (Å²) in [4.78, 5) is 2.52. The van der Waals surface area contributed by atoms with Crippen LogP contribution < -0.4 is 5.32 Å². The maximum Gasteiger partial charge on any atom is 0.120 e. The van der Waals surface area contributed by atoms with Crippen LogP contribution in [-0.4, -0.2) is 24.5 Å². The van der Waals surface area contributed by atoms with Crippen LogP contribution in [0.4, 0.5) is 0 Å². The Balaban J connectivity index is 1.92. The van der Waals surface area contributed by atoms with E-state index in [1.54, 1.807) is 0 Å². The number of piperidine rings is 1. The van der Waals surface area contributed by atoms with Gasteiger partial charge in [0.1, 0.15) is 11.5 Å². The van der Waals surface area contributed by atoms with Gasteiger partial charge in [0, 0.05) is 6.54 Å². The fourth-order valence-electron chi connectivity index (χ4n) is 2.73. The summed E-state index contributed by atoms with van der Waals surface area (Å²) in [6.07, 6.45) is 2.70. The van der Waals surface area contributed by atoms with E-state index in [1.807, 2.05) is 0 Å². The Kier molecular flexibility index (Phi) is 4.84. The Hall–Kier alpha value is -0.800. The zero-order chi connectivity index (χ0) is 13.0. The molecule has 0 amide bonds. The number of likely N-dealkylation sites (tertiary alicyclic amines) is 1. The Morgan fingerprint density at radius 3 is 3.06 bits per heavy atom. The van der Waals surface area contributed by atoms with Crippen molar-refractivity contribution in [2.45, 2.75) is 46.7 Å². The lowest BCUT2D eigenvalue weighted by Crippen LogP contribution is -2.33. The van der Waals surface area contributed by atoms with Gasteiger partial charge in [-0.05, 0) is 50.4 Å². The lowest BCUT2D eigenvalue weighted by molar-refractivity contribution is 0.164. The van der Waals surface area contributed by atoms with Crippen LogP contribution in [0.15, 0.2) is 10.5 Å². The predicted octanol–water partition coefficient (Wildman–Crippen LogP) is 2.93. The molecule has 1 aromatic heterocycles. The first-order valence-corrected chi connectivity index (χ1v) is 7.20. The molecule has 0 aliphatic carbocycles. The molecule has 0 spiro atoms. The number of hydrogen-bond donors (Lipinski definition) is 1. The predicted molar refractivity (Wildman–Crippen MR) is 74.5 cm³/mol. The van der Waals surface area contributed by atoms with Crippen LogP contribution in [0.25, 0.3) is 0 Å². The zero-order valence-corrected chi connectivity index (χ0v) is 12.0. The van der Waals surface area contributed by atoms with Crippen LogP contribution in [0, 0.1) is 12.8 Å². The molecular weight excluding hydrogens is 224 g/mol. The Labute approximate surface area is 111 Å². The largest absolute Gasteiger partial charge is 0.463 e. The minimum absolute atomic E-state index is 0.830. The summed E-state index contributed by atoms with van der Waals surface area (Å²) in [6, 6.07) is 2.20. The molecule has 0 aromatic carbocycles. The summed E-state index contributed by atoms with van der Waals surface area (Å²) in [5, 5.41) is 3.32. The Morgan fingerprint density at radius 1 is 1.50 bits per heavy atom. The van der Waals surface area contributed by atoms with Crippen molar-refractivity contribution < 1.29 is 4.42 Å². The molecule has 3 nitrogen and oxygen atoms in total. The van der Waals surface area contributed by atoms with Crippen molar-refractivity contribution in [1.82, 2.24) is 10.2 Å². The van der Waals surface area contributed by atoms with Crippen LogP contribution >= 0.6 is 0 Å². The molecule has 1 aliphatic rings. The highest BCUT2D eigenvalue weighted by Gasteiger charge is 2.18. The Morgan fingerprint density at radius 2 is 2.33 bits per heavy atom. The minimum Gasteiger partial charge on any atom is -0.463 e. The molecule has 0 bridgehead atoms. The van der Waals surface area contributed by atoms with Crippen molar-refractivity contribution in [1.29, 1.82) is 0 Å². The van der Waals surface area contributed by atoms with Gasteiger partial charge < -0.3 is 9.73 Å². The lowest BCUT2D eigenvalue weighted by Gasteiger charge is -2.29. The van der Waals surface area contributed by atoms with Gasteiger partial charge >= 0.3 is 0 Å². The maximum absolute atomic E-state index is 5.95. The van der Waals surface area contributed by atoms with Crippen LogP contribution in [0.5, 0.6) is 0 Å². The molecule has 1 unspecified atom stereocenters. The second-order valence-corrected chi connectivity index (χ2v) is 5.58. The molecule has 1 saturated heterocycles. The number of nitrogens with zero attached hydrogens (tertiary/aromatic N) is 1. The van der Waals surface area contributed by atoms with E-state index in [0.717, 1.165) is 37.1 Å². The summed E-state index contributed by atoms with van der Waals surface area (Å²) in [6.45, 7) is 11.8. The van der Waals surface area contributed by atoms with Gasteiger partial charge in [-0.1, -0.05) is 13.8 Å². The lowest BCUT2D eigenvalue weighted by atomic mass is 10.0. The topological polar surface area (TPSA) is 28.4 Å². The molecule has 1 fully saturated rings. The normalized spacial score (nSPS) is 21.4. The van der Waals surface area contributed by atoms with E-state index in [2.05, 4.69) is 37.1 Å². The average Bonchev–Trinajstić information content (AvgIpc) is 2.67. The first kappa shape index (κ1) is 13.6. The summed E-state index contributed by atoms with van der Waals surface area (Å²) >= 11 is 0. The van der Waals surface area contributed by atoms with Gasteiger partial charge in [-0.3, -0.25) is 4.90 Å². The van der Waals surface area contributed by atoms with E-state index in [9.17, 15) is 0 Å². The van der Waals surface area contributed by atoms with Crippen molar-refractivity contribution in [2.75, 3.05) is 19.6 Å². The maximum atomic E-state index is 5.95. The van der Waals surface area contributed by atoms with Crippen molar-refractivity contribution in [3.8, 4) is 0 Å². The molecule has 2 heterocycles. The highest BCUT2D eigenvalue weighted by molar-refractivity contribution is 5.20. The van der Waals surface area contributed by atoms with Crippen molar-refractivity contribution >= 4 is 0 Å².